The number of ether oxygens (including phenoxy) is 1. The zero-order valence-electron chi connectivity index (χ0n) is 12.9. The minimum atomic E-state index is -0.548. The lowest BCUT2D eigenvalue weighted by atomic mass is 10.1. The lowest BCUT2D eigenvalue weighted by molar-refractivity contribution is -0.123. The molecule has 0 heterocycles. The second kappa shape index (κ2) is 9.61. The molecule has 2 aromatic carbocycles. The average molecular weight is 314 g/mol. The lowest BCUT2D eigenvalue weighted by Crippen LogP contribution is -2.35. The Balaban J connectivity index is 1.54. The Morgan fingerprint density at radius 1 is 1.00 bits per heavy atom. The van der Waals surface area contributed by atoms with Gasteiger partial charge in [-0.3, -0.25) is 4.79 Å². The maximum Gasteiger partial charge on any atom is 0.257 e. The van der Waals surface area contributed by atoms with Gasteiger partial charge < -0.3 is 20.5 Å². The molecule has 0 aliphatic heterocycles. The van der Waals surface area contributed by atoms with Crippen molar-refractivity contribution in [1.82, 2.24) is 10.6 Å². The van der Waals surface area contributed by atoms with Crippen molar-refractivity contribution in [3.8, 4) is 5.75 Å². The third-order valence-electron chi connectivity index (χ3n) is 3.26. The molecule has 5 heteroatoms. The summed E-state index contributed by atoms with van der Waals surface area (Å²) in [6.45, 7) is 1.51. The first-order valence-electron chi connectivity index (χ1n) is 7.64. The molecule has 0 aromatic heterocycles. The zero-order valence-corrected chi connectivity index (χ0v) is 12.9. The molecular weight excluding hydrogens is 292 g/mol. The van der Waals surface area contributed by atoms with E-state index in [2.05, 4.69) is 10.6 Å². The molecule has 0 radical (unpaired) electrons. The third-order valence-corrected chi connectivity index (χ3v) is 3.26. The monoisotopic (exact) mass is 314 g/mol. The van der Waals surface area contributed by atoms with E-state index in [1.54, 1.807) is 12.1 Å². The van der Waals surface area contributed by atoms with Gasteiger partial charge in [-0.05, 0) is 17.7 Å². The van der Waals surface area contributed by atoms with Crippen LogP contribution in [-0.2, 0) is 4.79 Å². The molecule has 23 heavy (non-hydrogen) atoms. The largest absolute Gasteiger partial charge is 0.484 e. The summed E-state index contributed by atoms with van der Waals surface area (Å²) in [7, 11) is 0. The summed E-state index contributed by atoms with van der Waals surface area (Å²) in [4.78, 5) is 11.6. The fourth-order valence-corrected chi connectivity index (χ4v) is 2.04. The average Bonchev–Trinajstić information content (AvgIpc) is 2.61. The van der Waals surface area contributed by atoms with Crippen LogP contribution < -0.4 is 15.4 Å². The molecule has 3 N–H and O–H groups in total. The number of aliphatic hydroxyl groups excluding tert-OH is 1. The summed E-state index contributed by atoms with van der Waals surface area (Å²) in [5, 5.41) is 15.8. The van der Waals surface area contributed by atoms with Crippen molar-refractivity contribution in [3.05, 3.63) is 66.2 Å². The van der Waals surface area contributed by atoms with Gasteiger partial charge in [-0.1, -0.05) is 48.5 Å². The number of carbonyl (C=O) groups excluding carboxylic acids is 1. The van der Waals surface area contributed by atoms with E-state index in [-0.39, 0.29) is 12.5 Å². The van der Waals surface area contributed by atoms with Crippen LogP contribution in [0.2, 0.25) is 0 Å². The molecule has 5 nitrogen and oxygen atoms in total. The van der Waals surface area contributed by atoms with Gasteiger partial charge in [0.25, 0.3) is 5.91 Å². The van der Waals surface area contributed by atoms with Gasteiger partial charge in [0.1, 0.15) is 5.75 Å². The summed E-state index contributed by atoms with van der Waals surface area (Å²) in [6.07, 6.45) is -0.548. The zero-order chi connectivity index (χ0) is 16.3. The van der Waals surface area contributed by atoms with Crippen LogP contribution in [-0.4, -0.2) is 37.3 Å². The number of para-hydroxylation sites is 1. The van der Waals surface area contributed by atoms with Gasteiger partial charge in [-0.2, -0.15) is 0 Å². The van der Waals surface area contributed by atoms with Crippen LogP contribution in [0.1, 0.15) is 11.7 Å². The Kier molecular flexibility index (Phi) is 7.10. The van der Waals surface area contributed by atoms with E-state index in [0.29, 0.717) is 25.4 Å². The van der Waals surface area contributed by atoms with Crippen LogP contribution in [0.5, 0.6) is 5.75 Å². The molecule has 1 atom stereocenters. The van der Waals surface area contributed by atoms with Crippen molar-refractivity contribution in [2.45, 2.75) is 6.10 Å². The Hall–Kier alpha value is -2.37. The van der Waals surface area contributed by atoms with Gasteiger partial charge in [0.05, 0.1) is 6.10 Å². The van der Waals surface area contributed by atoms with E-state index in [4.69, 9.17) is 4.74 Å². The molecule has 0 fully saturated rings. The Bertz CT molecular complexity index is 575. The van der Waals surface area contributed by atoms with Crippen LogP contribution in [0.3, 0.4) is 0 Å². The summed E-state index contributed by atoms with van der Waals surface area (Å²) in [5.74, 6) is 0.506. The maximum atomic E-state index is 11.6. The van der Waals surface area contributed by atoms with Gasteiger partial charge in [0.2, 0.25) is 0 Å². The van der Waals surface area contributed by atoms with Gasteiger partial charge >= 0.3 is 0 Å². The molecule has 0 bridgehead atoms. The molecule has 1 amide bonds. The highest BCUT2D eigenvalue weighted by atomic mass is 16.5. The third kappa shape index (κ3) is 6.50. The van der Waals surface area contributed by atoms with Crippen molar-refractivity contribution in [2.75, 3.05) is 26.2 Å². The van der Waals surface area contributed by atoms with Crippen LogP contribution in [0, 0.1) is 0 Å². The highest BCUT2D eigenvalue weighted by Gasteiger charge is 2.06. The lowest BCUT2D eigenvalue weighted by Gasteiger charge is -2.12. The van der Waals surface area contributed by atoms with Gasteiger partial charge in [-0.25, -0.2) is 0 Å². The number of amides is 1. The number of hydrogen-bond donors (Lipinski definition) is 3. The standard InChI is InChI=1S/C18H22N2O3/c21-17(15-7-3-1-4-8-15)13-19-11-12-20-18(22)14-23-16-9-5-2-6-10-16/h1-10,17,19,21H,11-14H2,(H,20,22)/t17-/m1/s1. The minimum Gasteiger partial charge on any atom is -0.484 e. The molecule has 0 aliphatic carbocycles. The highest BCUT2D eigenvalue weighted by Crippen LogP contribution is 2.10. The molecule has 0 saturated carbocycles. The van der Waals surface area contributed by atoms with Crippen LogP contribution in [0.4, 0.5) is 0 Å². The van der Waals surface area contributed by atoms with E-state index < -0.39 is 6.10 Å². The molecule has 0 spiro atoms. The second-order valence-electron chi connectivity index (χ2n) is 5.08. The van der Waals surface area contributed by atoms with Crippen molar-refractivity contribution >= 4 is 5.91 Å². The summed E-state index contributed by atoms with van der Waals surface area (Å²) in [6, 6.07) is 18.7. The quantitative estimate of drug-likeness (QED) is 0.614. The van der Waals surface area contributed by atoms with Crippen LogP contribution in [0.25, 0.3) is 0 Å². The highest BCUT2D eigenvalue weighted by molar-refractivity contribution is 5.77. The second-order valence-corrected chi connectivity index (χ2v) is 5.08. The van der Waals surface area contributed by atoms with Gasteiger partial charge in [-0.15, -0.1) is 0 Å². The molecule has 0 unspecified atom stereocenters. The minimum absolute atomic E-state index is 0.00332. The maximum absolute atomic E-state index is 11.6. The number of carbonyl (C=O) groups is 1. The Morgan fingerprint density at radius 2 is 1.65 bits per heavy atom. The Morgan fingerprint density at radius 3 is 2.35 bits per heavy atom. The van der Waals surface area contributed by atoms with Crippen molar-refractivity contribution in [2.24, 2.45) is 0 Å². The Labute approximate surface area is 136 Å². The van der Waals surface area contributed by atoms with E-state index in [0.717, 1.165) is 5.56 Å². The smallest absolute Gasteiger partial charge is 0.257 e. The van der Waals surface area contributed by atoms with E-state index in [1.165, 1.54) is 0 Å². The van der Waals surface area contributed by atoms with E-state index >= 15 is 0 Å². The van der Waals surface area contributed by atoms with Gasteiger partial charge in [0.15, 0.2) is 6.61 Å². The summed E-state index contributed by atoms with van der Waals surface area (Å²) >= 11 is 0. The first-order chi connectivity index (χ1) is 11.3. The van der Waals surface area contributed by atoms with Crippen molar-refractivity contribution in [1.29, 1.82) is 0 Å². The molecule has 2 rings (SSSR count). The predicted molar refractivity (Wildman–Crippen MR) is 89.2 cm³/mol. The SMILES string of the molecule is O=C(COc1ccccc1)NCCNC[C@@H](O)c1ccccc1. The van der Waals surface area contributed by atoms with Gasteiger partial charge in [0, 0.05) is 19.6 Å². The molecule has 2 aromatic rings. The summed E-state index contributed by atoms with van der Waals surface area (Å²) < 4.78 is 5.35. The van der Waals surface area contributed by atoms with Crippen molar-refractivity contribution in [3.63, 3.8) is 0 Å². The fraction of sp³-hybridized carbons (Fsp3) is 0.278. The first kappa shape index (κ1) is 17.0. The van der Waals surface area contributed by atoms with E-state index in [9.17, 15) is 9.90 Å². The van der Waals surface area contributed by atoms with Crippen LogP contribution in [0.15, 0.2) is 60.7 Å². The van der Waals surface area contributed by atoms with Crippen molar-refractivity contribution < 1.29 is 14.6 Å². The summed E-state index contributed by atoms with van der Waals surface area (Å²) in [5.41, 5.74) is 0.875. The number of benzene rings is 2. The molecular formula is C18H22N2O3. The normalized spacial score (nSPS) is 11.7. The number of aliphatic hydroxyl groups is 1. The number of rotatable bonds is 9. The molecule has 0 aliphatic rings. The predicted octanol–water partition coefficient (Wildman–Crippen LogP) is 1.50. The topological polar surface area (TPSA) is 70.6 Å². The fourth-order valence-electron chi connectivity index (χ4n) is 2.04. The first-order valence-corrected chi connectivity index (χ1v) is 7.64. The van der Waals surface area contributed by atoms with Crippen LogP contribution >= 0.6 is 0 Å². The number of nitrogens with one attached hydrogen (secondary N) is 2. The molecule has 0 saturated heterocycles. The van der Waals surface area contributed by atoms with E-state index in [1.807, 2.05) is 48.5 Å². The molecule has 122 valence electrons. The number of hydrogen-bond acceptors (Lipinski definition) is 4.